The maximum Gasteiger partial charge on any atom is 0.550 e. The van der Waals surface area contributed by atoms with E-state index < -0.39 is 37.7 Å². The van der Waals surface area contributed by atoms with E-state index in [4.69, 9.17) is 17.7 Å². The minimum Gasteiger partial charge on any atom is -0.476 e. The van der Waals surface area contributed by atoms with Crippen molar-refractivity contribution in [1.82, 2.24) is 0 Å². The maximum atomic E-state index is 10.6. The zero-order valence-corrected chi connectivity index (χ0v) is 16.6. The second kappa shape index (κ2) is 15.4. The van der Waals surface area contributed by atoms with E-state index >= 15 is 0 Å². The van der Waals surface area contributed by atoms with Gasteiger partial charge in [-0.1, -0.05) is 12.6 Å². The lowest BCUT2D eigenvalue weighted by molar-refractivity contribution is -0.233. The van der Waals surface area contributed by atoms with Gasteiger partial charge in [-0.2, -0.15) is 0 Å². The van der Waals surface area contributed by atoms with Gasteiger partial charge in [0.15, 0.2) is 9.76 Å². The number of hydrogen-bond acceptors (Lipinski definition) is 9. The highest BCUT2D eigenvalue weighted by Crippen LogP contribution is 1.97. The van der Waals surface area contributed by atoms with Crippen LogP contribution in [0.1, 0.15) is 27.2 Å². The molecule has 23 heavy (non-hydrogen) atoms. The molecular weight excluding hydrogens is 344 g/mol. The summed E-state index contributed by atoms with van der Waals surface area (Å²) >= 11 is 0. The SMILES string of the molecule is C=C[SiH2]OC(OC(C)=O)OC(C)=O.CCC(=O)O[SiH](OC)OC. The Labute approximate surface area is 139 Å². The summed E-state index contributed by atoms with van der Waals surface area (Å²) in [7, 11) is -0.196. The fraction of sp³-hybridized carbons (Fsp3) is 0.583. The average molecular weight is 368 g/mol. The van der Waals surface area contributed by atoms with Crippen LogP contribution in [0.4, 0.5) is 0 Å². The first-order chi connectivity index (χ1) is 10.8. The van der Waals surface area contributed by atoms with Crippen molar-refractivity contribution in [1.29, 1.82) is 0 Å². The standard InChI is InChI=1S/C7H12O5Si.C5H12O4Si/c1-4-13-12-7(10-5(2)8)11-6(3)9;1-4-5(6)9-10(7-2)8-3/h4,7H,1,13H2,2-3H3;10H,4H2,1-3H3. The van der Waals surface area contributed by atoms with Gasteiger partial charge in [-0.25, -0.2) is 0 Å². The molecule has 0 unspecified atom stereocenters. The van der Waals surface area contributed by atoms with E-state index in [-0.39, 0.29) is 5.97 Å². The van der Waals surface area contributed by atoms with Crippen LogP contribution in [0.2, 0.25) is 0 Å². The van der Waals surface area contributed by atoms with Crippen molar-refractivity contribution >= 4 is 37.2 Å². The summed E-state index contributed by atoms with van der Waals surface area (Å²) in [5, 5.41) is 0. The van der Waals surface area contributed by atoms with Crippen LogP contribution in [0.25, 0.3) is 0 Å². The third kappa shape index (κ3) is 16.7. The van der Waals surface area contributed by atoms with Gasteiger partial charge in [0.05, 0.1) is 0 Å². The Kier molecular flexibility index (Phi) is 15.8. The molecule has 0 bridgehead atoms. The first kappa shape index (κ1) is 23.7. The van der Waals surface area contributed by atoms with Crippen LogP contribution in [0.15, 0.2) is 12.3 Å². The highest BCUT2D eigenvalue weighted by molar-refractivity contribution is 6.39. The van der Waals surface area contributed by atoms with Crippen molar-refractivity contribution in [3.05, 3.63) is 12.3 Å². The van der Waals surface area contributed by atoms with Crippen LogP contribution in [0.3, 0.4) is 0 Å². The van der Waals surface area contributed by atoms with Crippen LogP contribution in [-0.2, 0) is 41.6 Å². The van der Waals surface area contributed by atoms with Crippen molar-refractivity contribution in [3.8, 4) is 0 Å². The number of rotatable bonds is 9. The number of hydrogen-bond donors (Lipinski definition) is 0. The van der Waals surface area contributed by atoms with Gasteiger partial charge < -0.3 is 27.2 Å². The van der Waals surface area contributed by atoms with E-state index in [1.807, 2.05) is 0 Å². The molecule has 0 spiro atoms. The molecule has 0 atom stereocenters. The summed E-state index contributed by atoms with van der Waals surface area (Å²) in [4.78, 5) is 31.6. The monoisotopic (exact) mass is 368 g/mol. The van der Waals surface area contributed by atoms with Gasteiger partial charge >= 0.3 is 27.9 Å². The second-order valence-corrected chi connectivity index (χ2v) is 6.73. The molecule has 134 valence electrons. The fourth-order valence-electron chi connectivity index (χ4n) is 0.893. The van der Waals surface area contributed by atoms with E-state index in [1.165, 1.54) is 28.1 Å². The van der Waals surface area contributed by atoms with Crippen LogP contribution in [0, 0.1) is 0 Å². The van der Waals surface area contributed by atoms with Crippen molar-refractivity contribution in [2.45, 2.75) is 33.7 Å². The minimum atomic E-state index is -2.12. The maximum absolute atomic E-state index is 10.6. The predicted molar refractivity (Wildman–Crippen MR) is 84.7 cm³/mol. The highest BCUT2D eigenvalue weighted by atomic mass is 28.3. The summed E-state index contributed by atoms with van der Waals surface area (Å²) in [6, 6.07) is 0. The molecule has 0 N–H and O–H groups in total. The molecule has 0 aliphatic rings. The molecule has 0 heterocycles. The van der Waals surface area contributed by atoms with E-state index in [0.717, 1.165) is 0 Å². The van der Waals surface area contributed by atoms with Crippen LogP contribution >= 0.6 is 0 Å². The molecule has 0 aliphatic heterocycles. The van der Waals surface area contributed by atoms with Gasteiger partial charge in [-0.05, 0) is 0 Å². The molecule has 11 heteroatoms. The largest absolute Gasteiger partial charge is 0.550 e. The quantitative estimate of drug-likeness (QED) is 0.305. The fourth-order valence-corrected chi connectivity index (χ4v) is 2.09. The first-order valence-electron chi connectivity index (χ1n) is 6.62. The lowest BCUT2D eigenvalue weighted by atomic mass is 10.5. The summed E-state index contributed by atoms with van der Waals surface area (Å²) in [5.41, 5.74) is 1.58. The van der Waals surface area contributed by atoms with Gasteiger partial charge in [0.25, 0.3) is 5.97 Å². The van der Waals surface area contributed by atoms with E-state index in [9.17, 15) is 14.4 Å². The van der Waals surface area contributed by atoms with Gasteiger partial charge in [0.2, 0.25) is 0 Å². The number of carbonyl (C=O) groups excluding carboxylic acids is 3. The Hall–Kier alpha value is -1.54. The Balaban J connectivity index is 0. The van der Waals surface area contributed by atoms with E-state index in [0.29, 0.717) is 6.42 Å². The van der Waals surface area contributed by atoms with Crippen molar-refractivity contribution in [2.24, 2.45) is 0 Å². The molecule has 0 aromatic carbocycles. The zero-order valence-electron chi connectivity index (χ0n) is 14.0. The predicted octanol–water partition coefficient (Wildman–Crippen LogP) is -0.410. The molecule has 0 aliphatic carbocycles. The molecule has 0 saturated carbocycles. The van der Waals surface area contributed by atoms with Crippen LogP contribution in [0.5, 0.6) is 0 Å². The molecule has 0 saturated heterocycles. The Morgan fingerprint density at radius 1 is 1.13 bits per heavy atom. The molecule has 0 rings (SSSR count). The molecule has 0 amide bonds. The normalized spacial score (nSPS) is 10.2. The summed E-state index contributed by atoms with van der Waals surface area (Å²) in [6.45, 7) is 6.35. The Bertz CT molecular complexity index is 356. The number of ether oxygens (including phenoxy) is 2. The van der Waals surface area contributed by atoms with Crippen LogP contribution < -0.4 is 0 Å². The Morgan fingerprint density at radius 3 is 1.91 bits per heavy atom. The minimum absolute atomic E-state index is 0.277. The van der Waals surface area contributed by atoms with Gasteiger partial charge in [0, 0.05) is 34.5 Å². The lowest BCUT2D eigenvalue weighted by Gasteiger charge is -2.15. The lowest BCUT2D eigenvalue weighted by Crippen LogP contribution is -2.26. The topological polar surface area (TPSA) is 107 Å². The number of carbonyl (C=O) groups is 3. The van der Waals surface area contributed by atoms with E-state index in [1.54, 1.807) is 12.6 Å². The molecule has 9 nitrogen and oxygen atoms in total. The van der Waals surface area contributed by atoms with Crippen molar-refractivity contribution in [2.75, 3.05) is 14.2 Å². The first-order valence-corrected chi connectivity index (χ1v) is 9.43. The summed E-state index contributed by atoms with van der Waals surface area (Å²) in [6.07, 6.45) is 0.357. The average Bonchev–Trinajstić information content (AvgIpc) is 2.49. The van der Waals surface area contributed by atoms with E-state index in [2.05, 4.69) is 16.1 Å². The summed E-state index contributed by atoms with van der Waals surface area (Å²) in [5.74, 6) is -1.41. The third-order valence-electron chi connectivity index (χ3n) is 1.78. The van der Waals surface area contributed by atoms with Crippen LogP contribution in [-0.4, -0.2) is 57.9 Å². The van der Waals surface area contributed by atoms with Gasteiger partial charge in [-0.15, -0.1) is 6.58 Å². The Morgan fingerprint density at radius 2 is 1.61 bits per heavy atom. The highest BCUT2D eigenvalue weighted by Gasteiger charge is 2.15. The molecule has 0 aromatic heterocycles. The van der Waals surface area contributed by atoms with Gasteiger partial charge in [-0.3, -0.25) is 14.4 Å². The molecule has 0 fully saturated rings. The number of esters is 2. The molecule has 0 aromatic rings. The third-order valence-corrected chi connectivity index (χ3v) is 3.70. The van der Waals surface area contributed by atoms with Crippen molar-refractivity contribution in [3.63, 3.8) is 0 Å². The summed E-state index contributed by atoms with van der Waals surface area (Å²) < 4.78 is 28.3. The molecular formula is C12H24O9Si2. The van der Waals surface area contributed by atoms with Gasteiger partial charge in [0.1, 0.15) is 0 Å². The smallest absolute Gasteiger partial charge is 0.476 e. The molecule has 0 radical (unpaired) electrons. The second-order valence-electron chi connectivity index (χ2n) is 3.73. The zero-order chi connectivity index (χ0) is 18.3. The van der Waals surface area contributed by atoms with Crippen molar-refractivity contribution < 1.29 is 41.6 Å².